The number of hydrogen-bond donors (Lipinski definition) is 0. The molecule has 1 aliphatic rings. The lowest BCUT2D eigenvalue weighted by Crippen LogP contribution is -2.14. The summed E-state index contributed by atoms with van der Waals surface area (Å²) in [7, 11) is 0. The topological polar surface area (TPSA) is 9.23 Å². The van der Waals surface area contributed by atoms with Crippen LogP contribution in [0.25, 0.3) is 27.8 Å². The number of hydrogen-bond acceptors (Lipinski definition) is 1. The van der Waals surface area contributed by atoms with Crippen molar-refractivity contribution in [1.29, 1.82) is 0 Å². The van der Waals surface area contributed by atoms with Gasteiger partial charge in [0.25, 0.3) is 0 Å². The van der Waals surface area contributed by atoms with E-state index in [4.69, 9.17) is 4.74 Å². The molecular weight excluding hydrogens is 395 g/mol. The molecule has 1 heterocycles. The first-order valence-corrected chi connectivity index (χ1v) is 12.0. The van der Waals surface area contributed by atoms with Crippen molar-refractivity contribution in [3.8, 4) is 22.3 Å². The number of rotatable bonds is 8. The normalized spacial score (nSPS) is 15.8. The molecule has 0 saturated carbocycles. The molecule has 0 aliphatic carbocycles. The fourth-order valence-electron chi connectivity index (χ4n) is 4.39. The predicted octanol–water partition coefficient (Wildman–Crippen LogP) is 8.82. The van der Waals surface area contributed by atoms with E-state index in [9.17, 15) is 4.39 Å². The lowest BCUT2D eigenvalue weighted by Gasteiger charge is -2.23. The van der Waals surface area contributed by atoms with Gasteiger partial charge in [0, 0.05) is 5.56 Å². The third-order valence-corrected chi connectivity index (χ3v) is 6.50. The standard InChI is InChI=1S/C30H33FO/c1-3-5-6-7-28-18-16-27(21-32-28)24-14-12-23(13-15-24)26-17-19-29(30(31)20-26)25-10-8-22(4-2)9-11-25/h8-15,17,19-21,28H,3-7,16,18H2,1-2H3. The Kier molecular flexibility index (Phi) is 7.42. The summed E-state index contributed by atoms with van der Waals surface area (Å²) in [6.45, 7) is 4.36. The number of halogens is 1. The van der Waals surface area contributed by atoms with Crippen LogP contribution >= 0.6 is 0 Å². The summed E-state index contributed by atoms with van der Waals surface area (Å²) < 4.78 is 20.9. The third kappa shape index (κ3) is 5.30. The maximum Gasteiger partial charge on any atom is 0.131 e. The zero-order valence-corrected chi connectivity index (χ0v) is 19.2. The minimum absolute atomic E-state index is 0.187. The molecule has 1 unspecified atom stereocenters. The Morgan fingerprint density at radius 3 is 2.12 bits per heavy atom. The predicted molar refractivity (Wildman–Crippen MR) is 133 cm³/mol. The molecule has 0 bridgehead atoms. The van der Waals surface area contributed by atoms with Crippen molar-refractivity contribution in [3.05, 3.63) is 89.9 Å². The molecular formula is C30H33FO. The second-order valence-electron chi connectivity index (χ2n) is 8.76. The van der Waals surface area contributed by atoms with Crippen LogP contribution < -0.4 is 0 Å². The molecule has 0 amide bonds. The van der Waals surface area contributed by atoms with Crippen LogP contribution in [-0.4, -0.2) is 6.10 Å². The van der Waals surface area contributed by atoms with Gasteiger partial charge in [0.2, 0.25) is 0 Å². The van der Waals surface area contributed by atoms with Gasteiger partial charge in [-0.3, -0.25) is 0 Å². The van der Waals surface area contributed by atoms with Crippen molar-refractivity contribution in [2.45, 2.75) is 64.9 Å². The Morgan fingerprint density at radius 2 is 1.50 bits per heavy atom. The first-order valence-electron chi connectivity index (χ1n) is 12.0. The van der Waals surface area contributed by atoms with E-state index < -0.39 is 0 Å². The molecule has 4 rings (SSSR count). The summed E-state index contributed by atoms with van der Waals surface area (Å²) in [6.07, 6.45) is 10.4. The Bertz CT molecular complexity index is 1050. The largest absolute Gasteiger partial charge is 0.498 e. The van der Waals surface area contributed by atoms with Gasteiger partial charge in [-0.25, -0.2) is 4.39 Å². The molecule has 32 heavy (non-hydrogen) atoms. The second kappa shape index (κ2) is 10.6. The maximum absolute atomic E-state index is 14.9. The summed E-state index contributed by atoms with van der Waals surface area (Å²) in [4.78, 5) is 0. The van der Waals surface area contributed by atoms with Gasteiger partial charge >= 0.3 is 0 Å². The van der Waals surface area contributed by atoms with Gasteiger partial charge in [0.15, 0.2) is 0 Å². The number of unbranched alkanes of at least 4 members (excludes halogenated alkanes) is 2. The fraction of sp³-hybridized carbons (Fsp3) is 0.333. The van der Waals surface area contributed by atoms with Crippen molar-refractivity contribution in [1.82, 2.24) is 0 Å². The quantitative estimate of drug-likeness (QED) is 0.326. The minimum Gasteiger partial charge on any atom is -0.498 e. The first kappa shape index (κ1) is 22.3. The number of allylic oxidation sites excluding steroid dienone is 1. The third-order valence-electron chi connectivity index (χ3n) is 6.50. The van der Waals surface area contributed by atoms with E-state index in [1.165, 1.54) is 36.0 Å². The highest BCUT2D eigenvalue weighted by Gasteiger charge is 2.16. The number of ether oxygens (including phenoxy) is 1. The summed E-state index contributed by atoms with van der Waals surface area (Å²) in [5.41, 5.74) is 7.18. The van der Waals surface area contributed by atoms with Crippen molar-refractivity contribution in [2.24, 2.45) is 0 Å². The van der Waals surface area contributed by atoms with Crippen LogP contribution in [0.2, 0.25) is 0 Å². The van der Waals surface area contributed by atoms with Gasteiger partial charge in [-0.15, -0.1) is 0 Å². The average Bonchev–Trinajstić information content (AvgIpc) is 2.85. The van der Waals surface area contributed by atoms with Crippen molar-refractivity contribution in [3.63, 3.8) is 0 Å². The Morgan fingerprint density at radius 1 is 0.812 bits per heavy atom. The molecule has 0 radical (unpaired) electrons. The van der Waals surface area contributed by atoms with Gasteiger partial charge in [-0.05, 0) is 71.6 Å². The molecule has 3 aromatic rings. The molecule has 1 aliphatic heterocycles. The minimum atomic E-state index is -0.187. The smallest absolute Gasteiger partial charge is 0.131 e. The highest BCUT2D eigenvalue weighted by Crippen LogP contribution is 2.32. The van der Waals surface area contributed by atoms with Gasteiger partial charge in [-0.2, -0.15) is 0 Å². The molecule has 0 saturated heterocycles. The molecule has 0 fully saturated rings. The number of benzene rings is 3. The second-order valence-corrected chi connectivity index (χ2v) is 8.76. The highest BCUT2D eigenvalue weighted by atomic mass is 19.1. The molecule has 1 atom stereocenters. The van der Waals surface area contributed by atoms with E-state index >= 15 is 0 Å². The Balaban J connectivity index is 1.44. The van der Waals surface area contributed by atoms with E-state index in [-0.39, 0.29) is 5.82 Å². The summed E-state index contributed by atoms with van der Waals surface area (Å²) in [5.74, 6) is -0.187. The lowest BCUT2D eigenvalue weighted by molar-refractivity contribution is 0.116. The van der Waals surface area contributed by atoms with Crippen molar-refractivity contribution < 1.29 is 9.13 Å². The molecule has 3 aromatic carbocycles. The van der Waals surface area contributed by atoms with Crippen LogP contribution in [0.4, 0.5) is 4.39 Å². The molecule has 166 valence electrons. The lowest BCUT2D eigenvalue weighted by atomic mass is 9.94. The zero-order chi connectivity index (χ0) is 22.3. The Hall–Kier alpha value is -2.87. The Labute approximate surface area is 192 Å². The van der Waals surface area contributed by atoms with Gasteiger partial charge < -0.3 is 4.74 Å². The van der Waals surface area contributed by atoms with Crippen molar-refractivity contribution in [2.75, 3.05) is 0 Å². The van der Waals surface area contributed by atoms with Gasteiger partial charge in [0.05, 0.1) is 12.4 Å². The van der Waals surface area contributed by atoms with Crippen LogP contribution in [-0.2, 0) is 11.2 Å². The molecule has 2 heteroatoms. The van der Waals surface area contributed by atoms with Gasteiger partial charge in [-0.1, -0.05) is 87.4 Å². The first-order chi connectivity index (χ1) is 15.7. The summed E-state index contributed by atoms with van der Waals surface area (Å²) >= 11 is 0. The molecule has 0 aromatic heterocycles. The van der Waals surface area contributed by atoms with Crippen LogP contribution in [0.15, 0.2) is 73.0 Å². The van der Waals surface area contributed by atoms with Crippen LogP contribution in [0, 0.1) is 5.82 Å². The monoisotopic (exact) mass is 428 g/mol. The highest BCUT2D eigenvalue weighted by molar-refractivity contribution is 5.73. The van der Waals surface area contributed by atoms with Crippen LogP contribution in [0.3, 0.4) is 0 Å². The van der Waals surface area contributed by atoms with Gasteiger partial charge in [0.1, 0.15) is 5.82 Å². The average molecular weight is 429 g/mol. The SMILES string of the molecule is CCCCCC1CCC(c2ccc(-c3ccc(-c4ccc(CC)cc4)c(F)c3)cc2)=CO1. The van der Waals surface area contributed by atoms with E-state index in [0.717, 1.165) is 42.4 Å². The maximum atomic E-state index is 14.9. The summed E-state index contributed by atoms with van der Waals surface area (Å²) in [5, 5.41) is 0. The summed E-state index contributed by atoms with van der Waals surface area (Å²) in [6, 6.07) is 22.1. The van der Waals surface area contributed by atoms with E-state index in [1.54, 1.807) is 6.07 Å². The van der Waals surface area contributed by atoms with E-state index in [2.05, 4.69) is 50.2 Å². The molecule has 0 spiro atoms. The van der Waals surface area contributed by atoms with E-state index in [0.29, 0.717) is 11.7 Å². The number of aryl methyl sites for hydroxylation is 1. The van der Waals surface area contributed by atoms with E-state index in [1.807, 2.05) is 30.5 Å². The van der Waals surface area contributed by atoms with Crippen LogP contribution in [0.1, 0.15) is 63.5 Å². The molecule has 1 nitrogen and oxygen atoms in total. The molecule has 0 N–H and O–H groups in total. The van der Waals surface area contributed by atoms with Crippen molar-refractivity contribution >= 4 is 5.57 Å². The van der Waals surface area contributed by atoms with Crippen LogP contribution in [0.5, 0.6) is 0 Å². The zero-order valence-electron chi connectivity index (χ0n) is 19.2. The fourth-order valence-corrected chi connectivity index (χ4v) is 4.39.